The molecule has 2 aromatic carbocycles. The number of fused-ring (bicyclic) bond motifs is 1. The summed E-state index contributed by atoms with van der Waals surface area (Å²) in [5.41, 5.74) is 4.89. The van der Waals surface area contributed by atoms with Crippen LogP contribution in [0.2, 0.25) is 0 Å². The van der Waals surface area contributed by atoms with Gasteiger partial charge in [0.25, 0.3) is 5.91 Å². The predicted molar refractivity (Wildman–Crippen MR) is 146 cm³/mol. The zero-order chi connectivity index (χ0) is 26.8. The third-order valence-electron chi connectivity index (χ3n) is 8.01. The highest BCUT2D eigenvalue weighted by molar-refractivity contribution is 5.91. The molecule has 1 atom stereocenters. The fourth-order valence-electron chi connectivity index (χ4n) is 5.64. The first-order chi connectivity index (χ1) is 19.0. The van der Waals surface area contributed by atoms with Gasteiger partial charge in [0.2, 0.25) is 11.8 Å². The Hall–Kier alpha value is -3.65. The summed E-state index contributed by atoms with van der Waals surface area (Å²) in [7, 11) is 0. The molecule has 1 aromatic heterocycles. The van der Waals surface area contributed by atoms with Crippen LogP contribution < -0.4 is 10.1 Å². The summed E-state index contributed by atoms with van der Waals surface area (Å²) >= 11 is 0. The van der Waals surface area contributed by atoms with E-state index in [1.54, 1.807) is 0 Å². The van der Waals surface area contributed by atoms with Crippen LogP contribution in [-0.4, -0.2) is 59.3 Å². The number of rotatable bonds is 9. The topological polar surface area (TPSA) is 87.9 Å². The average molecular weight is 529 g/mol. The number of carbonyl (C=O) groups excluding carboxylic acids is 2. The monoisotopic (exact) mass is 528 g/mol. The quantitative estimate of drug-likeness (QED) is 0.446. The van der Waals surface area contributed by atoms with Crippen molar-refractivity contribution in [2.24, 2.45) is 5.92 Å². The lowest BCUT2D eigenvalue weighted by Gasteiger charge is -2.38. The molecular weight excluding hydrogens is 492 g/mol. The van der Waals surface area contributed by atoms with E-state index >= 15 is 0 Å². The fourth-order valence-corrected chi connectivity index (χ4v) is 5.64. The van der Waals surface area contributed by atoms with Crippen molar-refractivity contribution in [3.05, 3.63) is 82.6 Å². The molecule has 0 spiro atoms. The highest BCUT2D eigenvalue weighted by Crippen LogP contribution is 2.41. The van der Waals surface area contributed by atoms with Gasteiger partial charge in [-0.25, -0.2) is 4.98 Å². The number of hydrogen-bond donors (Lipinski definition) is 1. The van der Waals surface area contributed by atoms with Gasteiger partial charge in [-0.2, -0.15) is 0 Å². The zero-order valence-electron chi connectivity index (χ0n) is 22.5. The van der Waals surface area contributed by atoms with Crippen LogP contribution in [0.4, 0.5) is 0 Å². The number of aryl methyl sites for hydroxylation is 1. The molecule has 8 heteroatoms. The van der Waals surface area contributed by atoms with Crippen molar-refractivity contribution in [2.75, 3.05) is 32.7 Å². The third-order valence-corrected chi connectivity index (χ3v) is 8.01. The van der Waals surface area contributed by atoms with E-state index in [0.717, 1.165) is 56.6 Å². The first-order valence-electron chi connectivity index (χ1n) is 14.1. The van der Waals surface area contributed by atoms with Gasteiger partial charge in [0.1, 0.15) is 12.0 Å². The van der Waals surface area contributed by atoms with Crippen molar-refractivity contribution < 1.29 is 18.7 Å². The average Bonchev–Trinajstić information content (AvgIpc) is 3.46. The molecule has 204 valence electrons. The van der Waals surface area contributed by atoms with E-state index in [1.165, 1.54) is 30.2 Å². The second kappa shape index (κ2) is 11.2. The van der Waals surface area contributed by atoms with Crippen LogP contribution in [0.5, 0.6) is 5.75 Å². The number of oxazole rings is 1. The van der Waals surface area contributed by atoms with E-state index in [4.69, 9.17) is 9.15 Å². The Morgan fingerprint density at radius 2 is 1.87 bits per heavy atom. The molecule has 1 N–H and O–H groups in total. The van der Waals surface area contributed by atoms with Crippen LogP contribution in [-0.2, 0) is 17.8 Å². The van der Waals surface area contributed by atoms with Crippen LogP contribution in [0.15, 0.2) is 53.1 Å². The second-order valence-electron chi connectivity index (χ2n) is 10.9. The minimum absolute atomic E-state index is 0.111. The number of nitrogens with one attached hydrogen (secondary N) is 1. The molecule has 2 aliphatic heterocycles. The molecule has 1 aliphatic carbocycles. The summed E-state index contributed by atoms with van der Waals surface area (Å²) in [6.45, 7) is 6.56. The highest BCUT2D eigenvalue weighted by atomic mass is 16.5. The number of likely N-dealkylation sites (tertiary alicyclic amines) is 1. The number of amides is 2. The molecule has 2 amide bonds. The minimum atomic E-state index is -0.237. The van der Waals surface area contributed by atoms with Gasteiger partial charge in [-0.05, 0) is 80.9 Å². The van der Waals surface area contributed by atoms with Gasteiger partial charge in [-0.3, -0.25) is 9.59 Å². The first-order valence-corrected chi connectivity index (χ1v) is 14.1. The normalized spacial score (nSPS) is 19.1. The number of benzene rings is 2. The lowest BCUT2D eigenvalue weighted by atomic mass is 9.87. The Labute approximate surface area is 229 Å². The molecule has 3 heterocycles. The molecular formula is C31H36N4O4. The molecule has 1 unspecified atom stereocenters. The smallest absolute Gasteiger partial charge is 0.273 e. The van der Waals surface area contributed by atoms with Gasteiger partial charge < -0.3 is 24.3 Å². The van der Waals surface area contributed by atoms with Crippen molar-refractivity contribution in [1.29, 1.82) is 0 Å². The summed E-state index contributed by atoms with van der Waals surface area (Å²) in [4.78, 5) is 34.4. The third kappa shape index (κ3) is 5.86. The van der Waals surface area contributed by atoms with Crippen LogP contribution in [0, 0.1) is 12.8 Å². The molecule has 8 nitrogen and oxygen atoms in total. The Kier molecular flexibility index (Phi) is 7.37. The molecule has 2 fully saturated rings. The predicted octanol–water partition coefficient (Wildman–Crippen LogP) is 4.27. The van der Waals surface area contributed by atoms with Crippen LogP contribution >= 0.6 is 0 Å². The van der Waals surface area contributed by atoms with E-state index in [-0.39, 0.29) is 36.1 Å². The molecule has 3 aromatic rings. The Morgan fingerprint density at radius 3 is 2.64 bits per heavy atom. The van der Waals surface area contributed by atoms with Crippen molar-refractivity contribution in [1.82, 2.24) is 20.1 Å². The van der Waals surface area contributed by atoms with Crippen LogP contribution in [0.3, 0.4) is 0 Å². The van der Waals surface area contributed by atoms with Gasteiger partial charge in [-0.15, -0.1) is 0 Å². The van der Waals surface area contributed by atoms with Crippen LogP contribution in [0.25, 0.3) is 0 Å². The van der Waals surface area contributed by atoms with Gasteiger partial charge in [0.15, 0.2) is 12.3 Å². The van der Waals surface area contributed by atoms with E-state index in [1.807, 2.05) is 12.1 Å². The molecule has 3 aliphatic rings. The molecule has 39 heavy (non-hydrogen) atoms. The standard InChI is InChI=1S/C31H36N4O4/c1-21-4-6-23(7-5-21)29-26-18-25(11-10-22(26)12-16-35(29)31(37)24-8-9-24)38-20-28-33-27(19-39-28)30(36)32-13-17-34-14-2-3-15-34/h4-7,10-11,18-19,24,29H,2-3,8-9,12-17,20H2,1H3,(H,32,36). The van der Waals surface area contributed by atoms with Crippen molar-refractivity contribution in [2.45, 2.75) is 51.7 Å². The zero-order valence-corrected chi connectivity index (χ0v) is 22.5. The van der Waals surface area contributed by atoms with Gasteiger partial charge >= 0.3 is 0 Å². The van der Waals surface area contributed by atoms with Gasteiger partial charge in [-0.1, -0.05) is 35.9 Å². The summed E-state index contributed by atoms with van der Waals surface area (Å²) in [6.07, 6.45) is 6.64. The first kappa shape index (κ1) is 25.6. The molecule has 0 radical (unpaired) electrons. The molecule has 1 saturated carbocycles. The van der Waals surface area contributed by atoms with E-state index < -0.39 is 0 Å². The molecule has 1 saturated heterocycles. The van der Waals surface area contributed by atoms with E-state index in [0.29, 0.717) is 18.2 Å². The highest BCUT2D eigenvalue weighted by Gasteiger charge is 2.39. The number of ether oxygens (including phenoxy) is 1. The van der Waals surface area contributed by atoms with Gasteiger partial charge in [0.05, 0.1) is 6.04 Å². The summed E-state index contributed by atoms with van der Waals surface area (Å²) in [6, 6.07) is 14.4. The summed E-state index contributed by atoms with van der Waals surface area (Å²) < 4.78 is 11.6. The number of aromatic nitrogens is 1. The lowest BCUT2D eigenvalue weighted by molar-refractivity contribution is -0.134. The van der Waals surface area contributed by atoms with Crippen molar-refractivity contribution >= 4 is 11.8 Å². The Bertz CT molecular complexity index is 1320. The lowest BCUT2D eigenvalue weighted by Crippen LogP contribution is -2.41. The number of hydrogen-bond acceptors (Lipinski definition) is 6. The van der Waals surface area contributed by atoms with Crippen LogP contribution in [0.1, 0.15) is 70.4 Å². The fraction of sp³-hybridized carbons (Fsp3) is 0.452. The number of nitrogens with zero attached hydrogens (tertiary/aromatic N) is 3. The SMILES string of the molecule is Cc1ccc(C2c3cc(OCc4nc(C(=O)NCCN5CCCC5)co4)ccc3CCN2C(=O)C2CC2)cc1. The maximum atomic E-state index is 13.2. The molecule has 0 bridgehead atoms. The minimum Gasteiger partial charge on any atom is -0.484 e. The second-order valence-corrected chi connectivity index (χ2v) is 10.9. The summed E-state index contributed by atoms with van der Waals surface area (Å²) in [5.74, 6) is 1.21. The molecule has 6 rings (SSSR count). The number of carbonyl (C=O) groups is 2. The Morgan fingerprint density at radius 1 is 1.08 bits per heavy atom. The van der Waals surface area contributed by atoms with E-state index in [9.17, 15) is 9.59 Å². The maximum Gasteiger partial charge on any atom is 0.273 e. The van der Waals surface area contributed by atoms with Gasteiger partial charge in [0, 0.05) is 25.6 Å². The largest absolute Gasteiger partial charge is 0.484 e. The van der Waals surface area contributed by atoms with Crippen molar-refractivity contribution in [3.8, 4) is 5.75 Å². The van der Waals surface area contributed by atoms with E-state index in [2.05, 4.69) is 57.4 Å². The summed E-state index contributed by atoms with van der Waals surface area (Å²) in [5, 5.41) is 2.92. The Balaban J connectivity index is 1.13. The van der Waals surface area contributed by atoms with Crippen molar-refractivity contribution in [3.63, 3.8) is 0 Å². The maximum absolute atomic E-state index is 13.2.